The van der Waals surface area contributed by atoms with Crippen molar-refractivity contribution in [3.8, 4) is 11.8 Å². The molecule has 0 bridgehead atoms. The van der Waals surface area contributed by atoms with Crippen molar-refractivity contribution in [1.29, 1.82) is 5.26 Å². The van der Waals surface area contributed by atoms with Gasteiger partial charge in [0.1, 0.15) is 12.3 Å². The van der Waals surface area contributed by atoms with Crippen LogP contribution in [0.1, 0.15) is 6.42 Å². The second-order valence-corrected chi connectivity index (χ2v) is 3.76. The Bertz CT molecular complexity index is 493. The highest BCUT2D eigenvalue weighted by atomic mass is 16.5. The Labute approximate surface area is 116 Å². The van der Waals surface area contributed by atoms with E-state index < -0.39 is 18.5 Å². The molecule has 0 fully saturated rings. The van der Waals surface area contributed by atoms with Gasteiger partial charge in [-0.25, -0.2) is 0 Å². The third kappa shape index (κ3) is 6.26. The average Bonchev–Trinajstić information content (AvgIpc) is 2.45. The molecule has 7 nitrogen and oxygen atoms in total. The maximum Gasteiger partial charge on any atom is 0.309 e. The fraction of sp³-hybridized carbons (Fsp3) is 0.308. The van der Waals surface area contributed by atoms with E-state index in [1.165, 1.54) is 0 Å². The molecule has 0 unspecified atom stereocenters. The largest absolute Gasteiger partial charge is 0.493 e. The van der Waals surface area contributed by atoms with Gasteiger partial charge in [-0.1, -0.05) is 0 Å². The van der Waals surface area contributed by atoms with Gasteiger partial charge in [-0.15, -0.1) is 0 Å². The van der Waals surface area contributed by atoms with E-state index in [-0.39, 0.29) is 19.6 Å². The topological polar surface area (TPSA) is 114 Å². The van der Waals surface area contributed by atoms with Gasteiger partial charge in [0.05, 0.1) is 19.1 Å². The number of hydrogen-bond acceptors (Lipinski definition) is 6. The summed E-state index contributed by atoms with van der Waals surface area (Å²) in [6.45, 7) is -0.373. The highest BCUT2D eigenvalue weighted by molar-refractivity contribution is 5.80. The SMILES string of the molecule is N#CCNC(=O)COC(=O)CCOc1ccc(N)cc1. The van der Waals surface area contributed by atoms with E-state index in [2.05, 4.69) is 5.32 Å². The first-order valence-corrected chi connectivity index (χ1v) is 5.89. The van der Waals surface area contributed by atoms with Gasteiger partial charge in [-0.2, -0.15) is 5.26 Å². The first-order chi connectivity index (χ1) is 9.61. The van der Waals surface area contributed by atoms with E-state index in [1.807, 2.05) is 0 Å². The molecule has 1 aromatic carbocycles. The maximum absolute atomic E-state index is 11.3. The molecule has 0 atom stereocenters. The Kier molecular flexibility index (Phi) is 6.41. The summed E-state index contributed by atoms with van der Waals surface area (Å²) in [6.07, 6.45) is 0.0237. The number of rotatable bonds is 7. The quantitative estimate of drug-likeness (QED) is 0.418. The van der Waals surface area contributed by atoms with E-state index >= 15 is 0 Å². The predicted octanol–water partition coefficient (Wildman–Crippen LogP) is 0.221. The first-order valence-electron chi connectivity index (χ1n) is 5.89. The minimum absolute atomic E-state index is 0.0237. The van der Waals surface area contributed by atoms with Gasteiger partial charge in [0, 0.05) is 5.69 Å². The van der Waals surface area contributed by atoms with Crippen LogP contribution >= 0.6 is 0 Å². The second kappa shape index (κ2) is 8.37. The van der Waals surface area contributed by atoms with Crippen LogP contribution < -0.4 is 15.8 Å². The smallest absolute Gasteiger partial charge is 0.309 e. The molecule has 1 rings (SSSR count). The molecule has 0 radical (unpaired) electrons. The highest BCUT2D eigenvalue weighted by Gasteiger charge is 2.07. The Balaban J connectivity index is 2.15. The lowest BCUT2D eigenvalue weighted by Gasteiger charge is -2.07. The summed E-state index contributed by atoms with van der Waals surface area (Å²) in [5.74, 6) is -0.467. The lowest BCUT2D eigenvalue weighted by Crippen LogP contribution is -2.29. The lowest BCUT2D eigenvalue weighted by molar-refractivity contribution is -0.148. The number of ether oxygens (including phenoxy) is 2. The number of anilines is 1. The van der Waals surface area contributed by atoms with Crippen molar-refractivity contribution in [2.24, 2.45) is 0 Å². The van der Waals surface area contributed by atoms with Crippen molar-refractivity contribution < 1.29 is 19.1 Å². The zero-order valence-corrected chi connectivity index (χ0v) is 10.8. The maximum atomic E-state index is 11.3. The third-order valence-electron chi connectivity index (χ3n) is 2.18. The second-order valence-electron chi connectivity index (χ2n) is 3.76. The van der Waals surface area contributed by atoms with Crippen LogP contribution in [0, 0.1) is 11.3 Å². The van der Waals surface area contributed by atoms with Crippen molar-refractivity contribution >= 4 is 17.6 Å². The number of hydrogen-bond donors (Lipinski definition) is 2. The lowest BCUT2D eigenvalue weighted by atomic mass is 10.3. The van der Waals surface area contributed by atoms with Crippen LogP contribution in [0.5, 0.6) is 5.75 Å². The van der Waals surface area contributed by atoms with Crippen LogP contribution in [0.3, 0.4) is 0 Å². The van der Waals surface area contributed by atoms with Crippen molar-refractivity contribution in [3.63, 3.8) is 0 Å². The summed E-state index contributed by atoms with van der Waals surface area (Å²) in [7, 11) is 0. The van der Waals surface area contributed by atoms with Crippen LogP contribution in [0.15, 0.2) is 24.3 Å². The van der Waals surface area contributed by atoms with Gasteiger partial charge in [0.15, 0.2) is 6.61 Å². The molecule has 0 saturated carbocycles. The molecule has 106 valence electrons. The number of nitriles is 1. The zero-order chi connectivity index (χ0) is 14.8. The van der Waals surface area contributed by atoms with E-state index in [1.54, 1.807) is 30.3 Å². The van der Waals surface area contributed by atoms with Gasteiger partial charge < -0.3 is 20.5 Å². The zero-order valence-electron chi connectivity index (χ0n) is 10.8. The molecule has 0 spiro atoms. The van der Waals surface area contributed by atoms with Crippen molar-refractivity contribution in [2.75, 3.05) is 25.5 Å². The molecule has 0 aromatic heterocycles. The number of nitrogen functional groups attached to an aromatic ring is 1. The fourth-order valence-electron chi connectivity index (χ4n) is 1.22. The van der Waals surface area contributed by atoms with Gasteiger partial charge >= 0.3 is 5.97 Å². The molecular weight excluding hydrogens is 262 g/mol. The molecule has 0 saturated heterocycles. The van der Waals surface area contributed by atoms with Gasteiger partial charge in [0.2, 0.25) is 0 Å². The molecule has 1 amide bonds. The Morgan fingerprint density at radius 1 is 1.30 bits per heavy atom. The summed E-state index contributed by atoms with van der Waals surface area (Å²) in [5, 5.41) is 10.5. The standard InChI is InChI=1S/C13H15N3O4/c14-6-7-16-12(17)9-20-13(18)5-8-19-11-3-1-10(15)2-4-11/h1-4H,5,7-9,15H2,(H,16,17). The number of carbonyl (C=O) groups is 2. The predicted molar refractivity (Wildman–Crippen MR) is 70.5 cm³/mol. The Morgan fingerprint density at radius 3 is 2.65 bits per heavy atom. The van der Waals surface area contributed by atoms with E-state index in [0.717, 1.165) is 0 Å². The van der Waals surface area contributed by atoms with Gasteiger partial charge in [0.25, 0.3) is 5.91 Å². The van der Waals surface area contributed by atoms with E-state index in [0.29, 0.717) is 11.4 Å². The van der Waals surface area contributed by atoms with Crippen LogP contribution in [0.4, 0.5) is 5.69 Å². The minimum Gasteiger partial charge on any atom is -0.493 e. The molecule has 0 heterocycles. The van der Waals surface area contributed by atoms with Gasteiger partial charge in [-0.3, -0.25) is 9.59 Å². The normalized spacial score (nSPS) is 9.35. The van der Waals surface area contributed by atoms with E-state index in [9.17, 15) is 9.59 Å². The molecule has 20 heavy (non-hydrogen) atoms. The average molecular weight is 277 g/mol. The molecule has 7 heteroatoms. The Morgan fingerprint density at radius 2 is 2.00 bits per heavy atom. The number of nitrogens with zero attached hydrogens (tertiary/aromatic N) is 1. The van der Waals surface area contributed by atoms with Crippen LogP contribution in [-0.2, 0) is 14.3 Å². The minimum atomic E-state index is -0.549. The number of nitrogens with one attached hydrogen (secondary N) is 1. The molecule has 0 aliphatic carbocycles. The van der Waals surface area contributed by atoms with Gasteiger partial charge in [-0.05, 0) is 24.3 Å². The summed E-state index contributed by atoms with van der Waals surface area (Å²) in [6, 6.07) is 8.50. The monoisotopic (exact) mass is 277 g/mol. The highest BCUT2D eigenvalue weighted by Crippen LogP contribution is 2.13. The summed E-state index contributed by atoms with van der Waals surface area (Å²) in [5.41, 5.74) is 6.14. The van der Waals surface area contributed by atoms with Crippen molar-refractivity contribution in [3.05, 3.63) is 24.3 Å². The third-order valence-corrected chi connectivity index (χ3v) is 2.18. The summed E-state index contributed by atoms with van der Waals surface area (Å²) in [4.78, 5) is 22.3. The Hall–Kier alpha value is -2.75. The number of amides is 1. The molecule has 3 N–H and O–H groups in total. The molecule has 0 aliphatic heterocycles. The number of benzene rings is 1. The molecule has 1 aromatic rings. The van der Waals surface area contributed by atoms with E-state index in [4.69, 9.17) is 20.5 Å². The van der Waals surface area contributed by atoms with Crippen molar-refractivity contribution in [2.45, 2.75) is 6.42 Å². The fourth-order valence-corrected chi connectivity index (χ4v) is 1.22. The first kappa shape index (κ1) is 15.3. The van der Waals surface area contributed by atoms with Crippen LogP contribution in [0.25, 0.3) is 0 Å². The number of nitrogens with two attached hydrogens (primary N) is 1. The molecule has 0 aliphatic rings. The molecular formula is C13H15N3O4. The van der Waals surface area contributed by atoms with Crippen LogP contribution in [-0.4, -0.2) is 31.6 Å². The number of carbonyl (C=O) groups excluding carboxylic acids is 2. The number of esters is 1. The van der Waals surface area contributed by atoms with Crippen LogP contribution in [0.2, 0.25) is 0 Å². The summed E-state index contributed by atoms with van der Waals surface area (Å²) < 4.78 is 10.0. The summed E-state index contributed by atoms with van der Waals surface area (Å²) >= 11 is 0. The van der Waals surface area contributed by atoms with Crippen molar-refractivity contribution in [1.82, 2.24) is 5.32 Å².